The molecule has 0 unspecified atom stereocenters. The maximum absolute atomic E-state index is 10.8. The number of benzene rings is 2. The van der Waals surface area contributed by atoms with E-state index in [1.807, 2.05) is 45.2 Å². The van der Waals surface area contributed by atoms with Crippen LogP contribution in [-0.4, -0.2) is 39.1 Å². The monoisotopic (exact) mass is 555 g/mol. The van der Waals surface area contributed by atoms with Crippen LogP contribution in [0.1, 0.15) is 91.3 Å². The molecule has 2 rings (SSSR count). The van der Waals surface area contributed by atoms with Crippen LogP contribution in [0.3, 0.4) is 0 Å². The number of ketones is 1. The number of unbranched alkanes of at least 4 members (excludes halogenated alkanes) is 1. The number of anilines is 1. The standard InChI is InChI=1S/C14H14O2.C9H13N.C5H12O.C3H8.C2H4O.C2H6/c1-11(6-7-12(2)16)14-5-3-4-13(10-14)8-9-15;1-3-8-5-4-6-9(7-8)10-2;1-3-4-5-6-2;1-3-2;1-2-3;1-2/h3-7,9-10H,1,8H2,2H3;4-7,10H,3H2,1-2H3;3-5H2,1-2H3;3H2,1-2H3;2H,1H3;1-2H3/b7-6-;;;;;. The van der Waals surface area contributed by atoms with E-state index in [4.69, 9.17) is 9.53 Å². The first-order valence-corrected chi connectivity index (χ1v) is 14.3. The van der Waals surface area contributed by atoms with Crippen molar-refractivity contribution in [2.45, 2.75) is 87.5 Å². The summed E-state index contributed by atoms with van der Waals surface area (Å²) in [5.41, 5.74) is 5.22. The number of carbonyl (C=O) groups is 3. The quantitative estimate of drug-likeness (QED) is 0.137. The number of hydrogen-bond donors (Lipinski definition) is 1. The smallest absolute Gasteiger partial charge is 0.152 e. The Morgan fingerprint density at radius 2 is 1.50 bits per heavy atom. The first-order valence-electron chi connectivity index (χ1n) is 14.3. The van der Waals surface area contributed by atoms with Gasteiger partial charge in [-0.2, -0.15) is 0 Å². The summed E-state index contributed by atoms with van der Waals surface area (Å²) < 4.78 is 4.78. The zero-order valence-corrected chi connectivity index (χ0v) is 27.0. The summed E-state index contributed by atoms with van der Waals surface area (Å²) in [6.45, 7) is 20.3. The Balaban J connectivity index is -0.000000231. The Bertz CT molecular complexity index is 881. The highest BCUT2D eigenvalue weighted by Crippen LogP contribution is 2.15. The molecule has 0 fully saturated rings. The summed E-state index contributed by atoms with van der Waals surface area (Å²) in [6.07, 6.45) is 9.96. The Hall–Kier alpha value is -3.31. The van der Waals surface area contributed by atoms with Crippen molar-refractivity contribution in [3.8, 4) is 0 Å². The van der Waals surface area contributed by atoms with Gasteiger partial charge in [0.1, 0.15) is 12.6 Å². The number of aldehydes is 2. The van der Waals surface area contributed by atoms with Crippen molar-refractivity contribution in [1.29, 1.82) is 0 Å². The topological polar surface area (TPSA) is 72.5 Å². The van der Waals surface area contributed by atoms with Crippen LogP contribution in [0.25, 0.3) is 5.57 Å². The van der Waals surface area contributed by atoms with Gasteiger partial charge in [0.2, 0.25) is 0 Å². The Labute approximate surface area is 246 Å². The minimum Gasteiger partial charge on any atom is -0.388 e. The van der Waals surface area contributed by atoms with Crippen LogP contribution in [-0.2, 0) is 32.0 Å². The highest BCUT2D eigenvalue weighted by atomic mass is 16.5. The molecule has 226 valence electrons. The number of nitrogens with one attached hydrogen (secondary N) is 1. The Kier molecular flexibility index (Phi) is 39.0. The number of allylic oxidation sites excluding steroid dienone is 3. The molecule has 5 nitrogen and oxygen atoms in total. The molecule has 0 aliphatic heterocycles. The minimum absolute atomic E-state index is 0.00908. The molecule has 1 N–H and O–H groups in total. The molecule has 2 aromatic carbocycles. The van der Waals surface area contributed by atoms with Gasteiger partial charge in [-0.25, -0.2) is 0 Å². The molecule has 0 radical (unpaired) electrons. The molecule has 0 aliphatic carbocycles. The minimum atomic E-state index is -0.00908. The Morgan fingerprint density at radius 3 is 1.93 bits per heavy atom. The van der Waals surface area contributed by atoms with Gasteiger partial charge in [-0.1, -0.05) is 103 Å². The zero-order valence-electron chi connectivity index (χ0n) is 27.0. The largest absolute Gasteiger partial charge is 0.388 e. The van der Waals surface area contributed by atoms with E-state index in [0.717, 1.165) is 42.3 Å². The van der Waals surface area contributed by atoms with Crippen LogP contribution in [0.15, 0.2) is 67.3 Å². The van der Waals surface area contributed by atoms with Gasteiger partial charge in [0, 0.05) is 32.9 Å². The predicted octanol–water partition coefficient (Wildman–Crippen LogP) is 8.96. The molecule has 0 amide bonds. The van der Waals surface area contributed by atoms with Crippen LogP contribution >= 0.6 is 0 Å². The molecule has 2 aromatic rings. The molecule has 0 heterocycles. The SMILES string of the molecule is C=C(/C=C\C(C)=O)c1cccc(CC=O)c1.CC.CC=O.CCC.CCCCOC.CCc1cccc(NC)c1. The van der Waals surface area contributed by atoms with Crippen LogP contribution in [0.5, 0.6) is 0 Å². The summed E-state index contributed by atoms with van der Waals surface area (Å²) >= 11 is 0. The van der Waals surface area contributed by atoms with Crippen molar-refractivity contribution in [2.24, 2.45) is 0 Å². The van der Waals surface area contributed by atoms with Crippen molar-refractivity contribution in [3.05, 3.63) is 84.0 Å². The fraction of sp³-hybridized carbons (Fsp3) is 0.457. The first-order chi connectivity index (χ1) is 19.2. The summed E-state index contributed by atoms with van der Waals surface area (Å²) in [6, 6.07) is 16.0. The molecule has 0 bridgehead atoms. The molecule has 5 heteroatoms. The fourth-order valence-electron chi connectivity index (χ4n) is 2.54. The number of carbonyl (C=O) groups excluding carboxylic acids is 3. The van der Waals surface area contributed by atoms with E-state index in [2.05, 4.69) is 63.9 Å². The number of aryl methyl sites for hydroxylation is 1. The third kappa shape index (κ3) is 30.9. The molecule has 0 saturated heterocycles. The lowest BCUT2D eigenvalue weighted by Gasteiger charge is -2.02. The average molecular weight is 556 g/mol. The first kappa shape index (κ1) is 43.7. The maximum Gasteiger partial charge on any atom is 0.152 e. The molecule has 0 atom stereocenters. The van der Waals surface area contributed by atoms with Gasteiger partial charge >= 0.3 is 0 Å². The second-order valence-corrected chi connectivity index (χ2v) is 8.13. The van der Waals surface area contributed by atoms with Gasteiger partial charge in [0.05, 0.1) is 0 Å². The average Bonchev–Trinajstić information content (AvgIpc) is 2.97. The van der Waals surface area contributed by atoms with Crippen LogP contribution < -0.4 is 5.32 Å². The van der Waals surface area contributed by atoms with E-state index in [-0.39, 0.29) is 5.78 Å². The Morgan fingerprint density at radius 1 is 0.950 bits per heavy atom. The predicted molar refractivity (Wildman–Crippen MR) is 176 cm³/mol. The highest BCUT2D eigenvalue weighted by molar-refractivity contribution is 5.90. The van der Waals surface area contributed by atoms with E-state index in [1.54, 1.807) is 13.2 Å². The third-order valence-electron chi connectivity index (χ3n) is 4.46. The van der Waals surface area contributed by atoms with Gasteiger partial charge in [0.25, 0.3) is 0 Å². The summed E-state index contributed by atoms with van der Waals surface area (Å²) in [7, 11) is 3.67. The normalized spacial score (nSPS) is 8.75. The number of ether oxygens (including phenoxy) is 1. The molecule has 0 spiro atoms. The van der Waals surface area contributed by atoms with Gasteiger partial charge in [-0.3, -0.25) is 4.79 Å². The number of methoxy groups -OCH3 is 1. The molecular formula is C35H57NO4. The molecular weight excluding hydrogens is 498 g/mol. The third-order valence-corrected chi connectivity index (χ3v) is 4.46. The van der Waals surface area contributed by atoms with Crippen molar-refractivity contribution < 1.29 is 19.1 Å². The molecule has 0 aromatic heterocycles. The van der Waals surface area contributed by atoms with Gasteiger partial charge in [0.15, 0.2) is 5.78 Å². The van der Waals surface area contributed by atoms with Crippen molar-refractivity contribution >= 4 is 29.6 Å². The van der Waals surface area contributed by atoms with Gasteiger partial charge in [-0.15, -0.1) is 0 Å². The summed E-state index contributed by atoms with van der Waals surface area (Å²) in [5, 5.41) is 3.10. The van der Waals surface area contributed by atoms with Gasteiger partial charge < -0.3 is 19.6 Å². The molecule has 0 saturated carbocycles. The van der Waals surface area contributed by atoms with Crippen molar-refractivity contribution in [2.75, 3.05) is 26.1 Å². The van der Waals surface area contributed by atoms with E-state index in [1.165, 1.54) is 50.4 Å². The molecule has 0 aliphatic rings. The van der Waals surface area contributed by atoms with Crippen LogP contribution in [0, 0.1) is 0 Å². The number of hydrogen-bond acceptors (Lipinski definition) is 5. The van der Waals surface area contributed by atoms with Gasteiger partial charge in [-0.05, 0) is 67.2 Å². The molecule has 40 heavy (non-hydrogen) atoms. The van der Waals surface area contributed by atoms with E-state index < -0.39 is 0 Å². The van der Waals surface area contributed by atoms with E-state index in [0.29, 0.717) is 6.42 Å². The second kappa shape index (κ2) is 35.7. The van der Waals surface area contributed by atoms with Crippen molar-refractivity contribution in [1.82, 2.24) is 0 Å². The second-order valence-electron chi connectivity index (χ2n) is 8.13. The fourth-order valence-corrected chi connectivity index (χ4v) is 2.54. The van der Waals surface area contributed by atoms with E-state index >= 15 is 0 Å². The van der Waals surface area contributed by atoms with Crippen LogP contribution in [0.2, 0.25) is 0 Å². The van der Waals surface area contributed by atoms with E-state index in [9.17, 15) is 9.59 Å². The van der Waals surface area contributed by atoms with Crippen LogP contribution in [0.4, 0.5) is 5.69 Å². The van der Waals surface area contributed by atoms with Crippen molar-refractivity contribution in [3.63, 3.8) is 0 Å². The highest BCUT2D eigenvalue weighted by Gasteiger charge is 1.98. The summed E-state index contributed by atoms with van der Waals surface area (Å²) in [5.74, 6) is -0.00908. The number of rotatable bonds is 10. The lowest BCUT2D eigenvalue weighted by molar-refractivity contribution is -0.112. The lowest BCUT2D eigenvalue weighted by atomic mass is 10.0. The maximum atomic E-state index is 10.8. The summed E-state index contributed by atoms with van der Waals surface area (Å²) in [4.78, 5) is 30.0. The lowest BCUT2D eigenvalue weighted by Crippen LogP contribution is -1.88. The zero-order chi connectivity index (χ0) is 31.6.